The predicted molar refractivity (Wildman–Crippen MR) is 122 cm³/mol. The van der Waals surface area contributed by atoms with Crippen molar-refractivity contribution in [2.24, 2.45) is 0 Å². The van der Waals surface area contributed by atoms with Gasteiger partial charge in [-0.15, -0.1) is 0 Å². The molecule has 0 radical (unpaired) electrons. The van der Waals surface area contributed by atoms with Crippen molar-refractivity contribution in [2.75, 3.05) is 7.11 Å². The number of urea groups is 1. The summed E-state index contributed by atoms with van der Waals surface area (Å²) < 4.78 is 11.9. The first-order valence-corrected chi connectivity index (χ1v) is 10.6. The molecule has 1 aromatic carbocycles. The summed E-state index contributed by atoms with van der Waals surface area (Å²) >= 11 is 12.4. The Labute approximate surface area is 199 Å². The third-order valence-electron chi connectivity index (χ3n) is 5.25. The van der Waals surface area contributed by atoms with Gasteiger partial charge < -0.3 is 19.0 Å². The van der Waals surface area contributed by atoms with Crippen molar-refractivity contribution in [3.05, 3.63) is 80.6 Å². The number of furan rings is 1. The minimum Gasteiger partial charge on any atom is -0.463 e. The molecule has 3 aromatic rings. The molecule has 0 spiro atoms. The number of rotatable bonds is 5. The van der Waals surface area contributed by atoms with Crippen LogP contribution in [0.3, 0.4) is 0 Å². The first-order chi connectivity index (χ1) is 15.7. The number of nitrogens with zero attached hydrogens (tertiary/aromatic N) is 2. The van der Waals surface area contributed by atoms with Gasteiger partial charge in [0.2, 0.25) is 5.76 Å². The van der Waals surface area contributed by atoms with Crippen LogP contribution in [0.1, 0.15) is 33.3 Å². The van der Waals surface area contributed by atoms with Gasteiger partial charge in [0.05, 0.1) is 24.4 Å². The Bertz CT molecular complexity index is 1320. The second-order valence-corrected chi connectivity index (χ2v) is 8.24. The standard InChI is InChI=1S/C23H19Cl2N3O5/c1-12-8-14(13(2)28(12)19-6-4-15(24)10-17(19)25)9-18-21(29)27(23(31)26-18)11-16-5-7-20(33-16)22(30)32-3/h4-10H,11H2,1-3H3,(H,26,31). The Morgan fingerprint density at radius 2 is 1.91 bits per heavy atom. The lowest BCUT2D eigenvalue weighted by atomic mass is 10.2. The fourth-order valence-corrected chi connectivity index (χ4v) is 4.16. The van der Waals surface area contributed by atoms with Gasteiger partial charge in [-0.05, 0) is 61.9 Å². The number of aromatic nitrogens is 1. The van der Waals surface area contributed by atoms with E-state index in [1.807, 2.05) is 30.5 Å². The summed E-state index contributed by atoms with van der Waals surface area (Å²) in [5.41, 5.74) is 3.35. The van der Waals surface area contributed by atoms with E-state index in [1.165, 1.54) is 19.2 Å². The van der Waals surface area contributed by atoms with E-state index in [9.17, 15) is 14.4 Å². The first kappa shape index (κ1) is 22.7. The van der Waals surface area contributed by atoms with Gasteiger partial charge in [0.15, 0.2) is 0 Å². The van der Waals surface area contributed by atoms with E-state index in [0.29, 0.717) is 10.0 Å². The van der Waals surface area contributed by atoms with Crippen molar-refractivity contribution in [1.82, 2.24) is 14.8 Å². The number of ether oxygens (including phenoxy) is 1. The van der Waals surface area contributed by atoms with Gasteiger partial charge in [0, 0.05) is 16.4 Å². The van der Waals surface area contributed by atoms with Crippen LogP contribution < -0.4 is 5.32 Å². The highest BCUT2D eigenvalue weighted by Gasteiger charge is 2.34. The van der Waals surface area contributed by atoms with E-state index < -0.39 is 17.9 Å². The molecule has 4 rings (SSSR count). The number of hydrogen-bond donors (Lipinski definition) is 1. The van der Waals surface area contributed by atoms with Gasteiger partial charge in [0.1, 0.15) is 11.5 Å². The highest BCUT2D eigenvalue weighted by molar-refractivity contribution is 6.35. The predicted octanol–water partition coefficient (Wildman–Crippen LogP) is 4.87. The number of benzene rings is 1. The number of carbonyl (C=O) groups is 3. The monoisotopic (exact) mass is 487 g/mol. The zero-order chi connectivity index (χ0) is 23.9. The molecule has 170 valence electrons. The lowest BCUT2D eigenvalue weighted by molar-refractivity contribution is -0.123. The van der Waals surface area contributed by atoms with E-state index in [1.54, 1.807) is 18.2 Å². The lowest BCUT2D eigenvalue weighted by Gasteiger charge is -2.12. The number of imide groups is 1. The summed E-state index contributed by atoms with van der Waals surface area (Å²) in [6.07, 6.45) is 1.62. The van der Waals surface area contributed by atoms with Gasteiger partial charge in [-0.1, -0.05) is 23.2 Å². The topological polar surface area (TPSA) is 93.8 Å². The van der Waals surface area contributed by atoms with Crippen LogP contribution in [0.15, 0.2) is 46.5 Å². The molecule has 0 bridgehead atoms. The maximum atomic E-state index is 12.9. The summed E-state index contributed by atoms with van der Waals surface area (Å²) in [7, 11) is 1.23. The highest BCUT2D eigenvalue weighted by atomic mass is 35.5. The van der Waals surface area contributed by atoms with Gasteiger partial charge in [-0.3, -0.25) is 9.69 Å². The second-order valence-electron chi connectivity index (χ2n) is 7.39. The molecule has 1 aliphatic rings. The number of aryl methyl sites for hydroxylation is 1. The van der Waals surface area contributed by atoms with Crippen LogP contribution >= 0.6 is 23.2 Å². The second kappa shape index (κ2) is 8.80. The molecule has 1 aliphatic heterocycles. The van der Waals surface area contributed by atoms with Gasteiger partial charge >= 0.3 is 12.0 Å². The van der Waals surface area contributed by atoms with Crippen LogP contribution in [0.5, 0.6) is 0 Å². The SMILES string of the molecule is COC(=O)c1ccc(CN2C(=O)NC(=Cc3cc(C)n(-c4ccc(Cl)cc4Cl)c3C)C2=O)o1. The highest BCUT2D eigenvalue weighted by Crippen LogP contribution is 2.30. The number of esters is 1. The minimum atomic E-state index is -0.643. The van der Waals surface area contributed by atoms with E-state index >= 15 is 0 Å². The van der Waals surface area contributed by atoms with Crippen LogP contribution in [0, 0.1) is 13.8 Å². The maximum Gasteiger partial charge on any atom is 0.373 e. The fourth-order valence-electron chi connectivity index (χ4n) is 3.67. The van der Waals surface area contributed by atoms with Crippen molar-refractivity contribution >= 4 is 47.2 Å². The summed E-state index contributed by atoms with van der Waals surface area (Å²) in [4.78, 5) is 37.9. The van der Waals surface area contributed by atoms with E-state index in [-0.39, 0.29) is 23.8 Å². The first-order valence-electron chi connectivity index (χ1n) is 9.85. The molecule has 0 aliphatic carbocycles. The summed E-state index contributed by atoms with van der Waals surface area (Å²) in [5, 5.41) is 3.61. The summed E-state index contributed by atoms with van der Waals surface area (Å²) in [6.45, 7) is 3.68. The third-order valence-corrected chi connectivity index (χ3v) is 5.78. The van der Waals surface area contributed by atoms with Crippen LogP contribution in [0.4, 0.5) is 4.79 Å². The van der Waals surface area contributed by atoms with Crippen LogP contribution in [-0.2, 0) is 16.1 Å². The average Bonchev–Trinajstić information content (AvgIpc) is 3.42. The minimum absolute atomic E-state index is 0.0105. The smallest absolute Gasteiger partial charge is 0.373 e. The molecule has 10 heteroatoms. The number of halogens is 2. The van der Waals surface area contributed by atoms with E-state index in [2.05, 4.69) is 10.1 Å². The summed E-state index contributed by atoms with van der Waals surface area (Å²) in [6, 6.07) is 9.47. The quantitative estimate of drug-likeness (QED) is 0.314. The van der Waals surface area contributed by atoms with Crippen molar-refractivity contribution in [1.29, 1.82) is 0 Å². The van der Waals surface area contributed by atoms with Crippen LogP contribution in [-0.4, -0.2) is 34.5 Å². The Morgan fingerprint density at radius 1 is 1.15 bits per heavy atom. The Morgan fingerprint density at radius 3 is 2.61 bits per heavy atom. The fraction of sp³-hybridized carbons (Fsp3) is 0.174. The molecule has 8 nitrogen and oxygen atoms in total. The Kier molecular flexibility index (Phi) is 6.05. The van der Waals surface area contributed by atoms with E-state index in [4.69, 9.17) is 27.6 Å². The lowest BCUT2D eigenvalue weighted by Crippen LogP contribution is -2.30. The van der Waals surface area contributed by atoms with Crippen molar-refractivity contribution in [3.8, 4) is 5.69 Å². The maximum absolute atomic E-state index is 12.9. The largest absolute Gasteiger partial charge is 0.463 e. The van der Waals surface area contributed by atoms with Crippen molar-refractivity contribution in [3.63, 3.8) is 0 Å². The van der Waals surface area contributed by atoms with Gasteiger partial charge in [0.25, 0.3) is 5.91 Å². The van der Waals surface area contributed by atoms with Crippen LogP contribution in [0.25, 0.3) is 11.8 Å². The van der Waals surface area contributed by atoms with Crippen LogP contribution in [0.2, 0.25) is 10.0 Å². The van der Waals surface area contributed by atoms with Gasteiger partial charge in [-0.25, -0.2) is 9.59 Å². The van der Waals surface area contributed by atoms with Crippen molar-refractivity contribution < 1.29 is 23.5 Å². The zero-order valence-corrected chi connectivity index (χ0v) is 19.5. The number of nitrogens with one attached hydrogen (secondary N) is 1. The Balaban J connectivity index is 1.60. The molecule has 1 N–H and O–H groups in total. The van der Waals surface area contributed by atoms with E-state index in [0.717, 1.165) is 27.5 Å². The molecule has 0 unspecified atom stereocenters. The molecule has 3 heterocycles. The van der Waals surface area contributed by atoms with Gasteiger partial charge in [-0.2, -0.15) is 0 Å². The number of hydrogen-bond acceptors (Lipinski definition) is 5. The molecule has 0 atom stereocenters. The van der Waals surface area contributed by atoms with Crippen molar-refractivity contribution in [2.45, 2.75) is 20.4 Å². The number of methoxy groups -OCH3 is 1. The molecule has 33 heavy (non-hydrogen) atoms. The summed E-state index contributed by atoms with van der Waals surface area (Å²) in [5.74, 6) is -0.889. The molecule has 3 amide bonds. The zero-order valence-electron chi connectivity index (χ0n) is 17.9. The third kappa shape index (κ3) is 4.27. The molecular formula is C23H19Cl2N3O5. The Hall–Kier alpha value is -3.49. The number of carbonyl (C=O) groups excluding carboxylic acids is 3. The average molecular weight is 488 g/mol. The molecular weight excluding hydrogens is 469 g/mol. The molecule has 1 saturated heterocycles. The normalized spacial score (nSPS) is 14.8. The molecule has 2 aromatic heterocycles. The number of amides is 3. The molecule has 0 saturated carbocycles. The molecule has 1 fully saturated rings.